The predicted molar refractivity (Wildman–Crippen MR) is 139 cm³/mol. The number of ether oxygens (including phenoxy) is 1. The number of benzene rings is 3. The largest absolute Gasteiger partial charge is 0.497 e. The van der Waals surface area contributed by atoms with Gasteiger partial charge in [0.2, 0.25) is 0 Å². The van der Waals surface area contributed by atoms with Crippen LogP contribution >= 0.6 is 0 Å². The van der Waals surface area contributed by atoms with Gasteiger partial charge in [-0.3, -0.25) is 4.79 Å². The van der Waals surface area contributed by atoms with Crippen molar-refractivity contribution < 1.29 is 14.3 Å². The van der Waals surface area contributed by atoms with Crippen molar-refractivity contribution in [2.45, 2.75) is 0 Å². The number of aromatic amines is 1. The van der Waals surface area contributed by atoms with Crippen molar-refractivity contribution in [3.8, 4) is 5.75 Å². The number of carbonyl (C=O) groups excluding carboxylic acids is 2. The van der Waals surface area contributed by atoms with E-state index < -0.39 is 0 Å². The second-order valence-corrected chi connectivity index (χ2v) is 7.91. The Morgan fingerprint density at radius 1 is 0.857 bits per heavy atom. The molecular formula is C27H23N5O3. The quantitative estimate of drug-likeness (QED) is 0.228. The van der Waals surface area contributed by atoms with Crippen LogP contribution < -0.4 is 26.0 Å². The number of amides is 3. The number of nitrogens with one attached hydrogen (secondary N) is 5. The van der Waals surface area contributed by atoms with Crippen LogP contribution in [0.2, 0.25) is 0 Å². The van der Waals surface area contributed by atoms with Gasteiger partial charge in [-0.05, 0) is 60.7 Å². The molecule has 0 spiro atoms. The zero-order chi connectivity index (χ0) is 24.2. The van der Waals surface area contributed by atoms with Crippen LogP contribution in [-0.2, 0) is 4.79 Å². The molecule has 3 aromatic carbocycles. The van der Waals surface area contributed by atoms with E-state index in [9.17, 15) is 9.59 Å². The molecule has 2 heterocycles. The molecule has 1 aromatic heterocycles. The number of fused-ring (bicyclic) bond motifs is 1. The Labute approximate surface area is 202 Å². The van der Waals surface area contributed by atoms with Gasteiger partial charge in [-0.25, -0.2) is 4.79 Å². The summed E-state index contributed by atoms with van der Waals surface area (Å²) in [5.41, 5.74) is 5.91. The third-order valence-corrected chi connectivity index (χ3v) is 5.46. The average molecular weight is 466 g/mol. The van der Waals surface area contributed by atoms with Crippen LogP contribution in [0, 0.1) is 0 Å². The lowest BCUT2D eigenvalue weighted by molar-refractivity contribution is -0.110. The van der Waals surface area contributed by atoms with Gasteiger partial charge in [0.15, 0.2) is 0 Å². The lowest BCUT2D eigenvalue weighted by atomic mass is 10.1. The van der Waals surface area contributed by atoms with E-state index in [0.717, 1.165) is 28.3 Å². The number of aromatic nitrogens is 1. The number of hydrogen-bond donors (Lipinski definition) is 5. The molecule has 0 unspecified atom stereocenters. The Balaban J connectivity index is 1.27. The van der Waals surface area contributed by atoms with Gasteiger partial charge in [0.05, 0.1) is 18.4 Å². The molecular weight excluding hydrogens is 442 g/mol. The first-order chi connectivity index (χ1) is 17.1. The van der Waals surface area contributed by atoms with Crippen molar-refractivity contribution in [1.29, 1.82) is 0 Å². The number of H-pyrrole nitrogens is 1. The highest BCUT2D eigenvalue weighted by Crippen LogP contribution is 2.35. The highest BCUT2D eigenvalue weighted by Gasteiger charge is 2.24. The molecule has 5 N–H and O–H groups in total. The van der Waals surface area contributed by atoms with Crippen molar-refractivity contribution in [2.75, 3.05) is 28.4 Å². The van der Waals surface area contributed by atoms with E-state index in [4.69, 9.17) is 4.74 Å². The molecule has 0 saturated heterocycles. The fraction of sp³-hybridized carbons (Fsp3) is 0.0370. The van der Waals surface area contributed by atoms with E-state index in [2.05, 4.69) is 26.3 Å². The maximum atomic E-state index is 12.5. The summed E-state index contributed by atoms with van der Waals surface area (Å²) in [7, 11) is 1.58. The normalized spacial score (nSPS) is 13.2. The van der Waals surface area contributed by atoms with Crippen LogP contribution in [0.1, 0.15) is 11.3 Å². The number of rotatable bonds is 6. The van der Waals surface area contributed by atoms with Gasteiger partial charge in [0.1, 0.15) is 5.75 Å². The summed E-state index contributed by atoms with van der Waals surface area (Å²) in [4.78, 5) is 28.0. The molecule has 5 rings (SSSR count). The summed E-state index contributed by atoms with van der Waals surface area (Å²) >= 11 is 0. The Morgan fingerprint density at radius 2 is 1.60 bits per heavy atom. The summed E-state index contributed by atoms with van der Waals surface area (Å²) < 4.78 is 5.18. The van der Waals surface area contributed by atoms with Crippen molar-refractivity contribution in [2.24, 2.45) is 0 Å². The highest BCUT2D eigenvalue weighted by atomic mass is 16.5. The molecule has 8 heteroatoms. The minimum absolute atomic E-state index is 0.139. The Hall–Kier alpha value is -4.98. The predicted octanol–water partition coefficient (Wildman–Crippen LogP) is 5.90. The molecule has 0 fully saturated rings. The Morgan fingerprint density at radius 3 is 2.37 bits per heavy atom. The zero-order valence-corrected chi connectivity index (χ0v) is 18.9. The maximum absolute atomic E-state index is 12.5. The number of anilines is 5. The zero-order valence-electron chi connectivity index (χ0n) is 18.9. The minimum atomic E-state index is -0.364. The molecule has 0 radical (unpaired) electrons. The van der Waals surface area contributed by atoms with Crippen molar-refractivity contribution in [3.05, 3.63) is 96.3 Å². The van der Waals surface area contributed by atoms with Crippen molar-refractivity contribution >= 4 is 52.0 Å². The van der Waals surface area contributed by atoms with E-state index in [1.54, 1.807) is 31.4 Å². The molecule has 8 nitrogen and oxygen atoms in total. The molecule has 0 bridgehead atoms. The van der Waals surface area contributed by atoms with Gasteiger partial charge in [0, 0.05) is 46.3 Å². The van der Waals surface area contributed by atoms with Crippen LogP contribution in [0.3, 0.4) is 0 Å². The number of carbonyl (C=O) groups is 2. The van der Waals surface area contributed by atoms with Gasteiger partial charge in [-0.2, -0.15) is 0 Å². The number of hydrogen-bond acceptors (Lipinski definition) is 4. The second-order valence-electron chi connectivity index (χ2n) is 7.91. The van der Waals surface area contributed by atoms with Gasteiger partial charge in [-0.15, -0.1) is 0 Å². The van der Waals surface area contributed by atoms with E-state index in [1.165, 1.54) is 0 Å². The summed E-state index contributed by atoms with van der Waals surface area (Å²) in [6.45, 7) is 0. The summed E-state index contributed by atoms with van der Waals surface area (Å²) in [5.74, 6) is 0.520. The minimum Gasteiger partial charge on any atom is -0.497 e. The van der Waals surface area contributed by atoms with Gasteiger partial charge >= 0.3 is 6.03 Å². The average Bonchev–Trinajstić information content (AvgIpc) is 3.47. The van der Waals surface area contributed by atoms with Gasteiger partial charge < -0.3 is 31.0 Å². The van der Waals surface area contributed by atoms with Gasteiger partial charge in [0.25, 0.3) is 5.91 Å². The van der Waals surface area contributed by atoms with Crippen LogP contribution in [0.5, 0.6) is 5.75 Å². The van der Waals surface area contributed by atoms with Gasteiger partial charge in [-0.1, -0.05) is 18.2 Å². The SMILES string of the molecule is COc1cccc(NC(=O)Nc2cccc(Nc3ccc4c(c3)NC(=O)/C4=C/c3ccc[nH]3)c2)c1. The summed E-state index contributed by atoms with van der Waals surface area (Å²) in [5, 5.41) is 11.9. The maximum Gasteiger partial charge on any atom is 0.323 e. The van der Waals surface area contributed by atoms with E-state index in [0.29, 0.717) is 22.7 Å². The molecule has 0 saturated carbocycles. The smallest absolute Gasteiger partial charge is 0.323 e. The third kappa shape index (κ3) is 5.01. The molecule has 1 aliphatic rings. The first-order valence-corrected chi connectivity index (χ1v) is 11.0. The topological polar surface area (TPSA) is 107 Å². The standard InChI is InChI=1S/C27H23N5O3/c1-35-22-9-3-7-20(14-22)31-27(34)30-19-6-2-5-18(13-19)29-21-10-11-23-24(15-17-8-4-12-28-17)26(33)32-25(23)16-21/h2-16,28-29H,1H3,(H,32,33)(H2,30,31,34)/b24-15+. The molecule has 3 amide bonds. The van der Waals surface area contributed by atoms with E-state index in [1.807, 2.05) is 66.9 Å². The van der Waals surface area contributed by atoms with E-state index >= 15 is 0 Å². The molecule has 4 aromatic rings. The number of urea groups is 1. The monoisotopic (exact) mass is 465 g/mol. The molecule has 35 heavy (non-hydrogen) atoms. The second kappa shape index (κ2) is 9.48. The lowest BCUT2D eigenvalue weighted by Gasteiger charge is -2.12. The molecule has 0 atom stereocenters. The third-order valence-electron chi connectivity index (χ3n) is 5.46. The van der Waals surface area contributed by atoms with Crippen LogP contribution in [0.15, 0.2) is 85.1 Å². The Bertz CT molecular complexity index is 1430. The van der Waals surface area contributed by atoms with Crippen LogP contribution in [0.4, 0.5) is 33.2 Å². The summed E-state index contributed by atoms with van der Waals surface area (Å²) in [6, 6.07) is 23.6. The Kier molecular flexibility index (Phi) is 5.92. The van der Waals surface area contributed by atoms with Crippen molar-refractivity contribution in [3.63, 3.8) is 0 Å². The lowest BCUT2D eigenvalue weighted by Crippen LogP contribution is -2.19. The molecule has 1 aliphatic heterocycles. The van der Waals surface area contributed by atoms with Crippen molar-refractivity contribution in [1.82, 2.24) is 4.98 Å². The first kappa shape index (κ1) is 21.8. The highest BCUT2D eigenvalue weighted by molar-refractivity contribution is 6.35. The number of methoxy groups -OCH3 is 1. The summed E-state index contributed by atoms with van der Waals surface area (Å²) in [6.07, 6.45) is 3.65. The molecule has 174 valence electrons. The fourth-order valence-electron chi connectivity index (χ4n) is 3.84. The fourth-order valence-corrected chi connectivity index (χ4v) is 3.84. The van der Waals surface area contributed by atoms with Crippen LogP contribution in [0.25, 0.3) is 11.6 Å². The molecule has 0 aliphatic carbocycles. The van der Waals surface area contributed by atoms with Crippen LogP contribution in [-0.4, -0.2) is 24.0 Å². The van der Waals surface area contributed by atoms with E-state index in [-0.39, 0.29) is 11.9 Å². The first-order valence-electron chi connectivity index (χ1n) is 11.0.